The molecule has 0 aliphatic carbocycles. The second kappa shape index (κ2) is 4.18. The van der Waals surface area contributed by atoms with Crippen LogP contribution in [-0.4, -0.2) is 9.55 Å². The highest BCUT2D eigenvalue weighted by atomic mass is 35.5. The van der Waals surface area contributed by atoms with Crippen LogP contribution in [0.15, 0.2) is 12.1 Å². The molecule has 0 fully saturated rings. The molecule has 1 aromatic carbocycles. The monoisotopic (exact) mass is 258 g/mol. The summed E-state index contributed by atoms with van der Waals surface area (Å²) in [5.74, 6) is 0.0325. The molecule has 0 aliphatic rings. The van der Waals surface area contributed by atoms with E-state index in [1.54, 1.807) is 6.07 Å². The second-order valence-electron chi connectivity index (χ2n) is 4.22. The van der Waals surface area contributed by atoms with Gasteiger partial charge < -0.3 is 9.55 Å². The lowest BCUT2D eigenvalue weighted by molar-refractivity contribution is 0.528. The fourth-order valence-electron chi connectivity index (χ4n) is 1.70. The minimum atomic E-state index is -0.416. The fourth-order valence-corrected chi connectivity index (χ4v) is 2.14. The molecule has 0 saturated heterocycles. The SMILES string of the molecule is CC(C)Cn1c(=S)[nH]c2cc(Cl)c(F)cc21. The van der Waals surface area contributed by atoms with E-state index in [1.165, 1.54) is 6.07 Å². The average molecular weight is 259 g/mol. The molecule has 0 radical (unpaired) electrons. The Morgan fingerprint density at radius 1 is 1.50 bits per heavy atom. The van der Waals surface area contributed by atoms with Crippen LogP contribution in [0.2, 0.25) is 5.02 Å². The number of hydrogen-bond acceptors (Lipinski definition) is 1. The molecule has 2 rings (SSSR count). The zero-order chi connectivity index (χ0) is 11.9. The van der Waals surface area contributed by atoms with E-state index in [0.29, 0.717) is 10.7 Å². The molecule has 0 bridgehead atoms. The zero-order valence-electron chi connectivity index (χ0n) is 9.05. The molecule has 0 amide bonds. The fraction of sp³-hybridized carbons (Fsp3) is 0.364. The Morgan fingerprint density at radius 2 is 2.19 bits per heavy atom. The lowest BCUT2D eigenvalue weighted by atomic mass is 10.2. The van der Waals surface area contributed by atoms with Crippen LogP contribution in [0, 0.1) is 16.5 Å². The normalized spacial score (nSPS) is 11.6. The van der Waals surface area contributed by atoms with Gasteiger partial charge in [0.05, 0.1) is 16.1 Å². The Hall–Kier alpha value is -0.870. The van der Waals surface area contributed by atoms with Gasteiger partial charge in [0.1, 0.15) is 5.82 Å². The highest BCUT2D eigenvalue weighted by Gasteiger charge is 2.09. The number of imidazole rings is 1. The molecular formula is C11H12ClFN2S. The van der Waals surface area contributed by atoms with E-state index < -0.39 is 5.82 Å². The van der Waals surface area contributed by atoms with Crippen molar-refractivity contribution in [3.05, 3.63) is 27.7 Å². The van der Waals surface area contributed by atoms with Crippen molar-refractivity contribution in [1.82, 2.24) is 9.55 Å². The van der Waals surface area contributed by atoms with Gasteiger partial charge in [0.15, 0.2) is 4.77 Å². The Balaban J connectivity index is 2.69. The molecule has 0 atom stereocenters. The maximum Gasteiger partial charge on any atom is 0.178 e. The number of nitrogens with one attached hydrogen (secondary N) is 1. The van der Waals surface area contributed by atoms with E-state index in [4.69, 9.17) is 23.8 Å². The van der Waals surface area contributed by atoms with Crippen LogP contribution in [0.4, 0.5) is 4.39 Å². The third kappa shape index (κ3) is 1.99. The Kier molecular flexibility index (Phi) is 3.04. The molecule has 2 nitrogen and oxygen atoms in total. The van der Waals surface area contributed by atoms with Crippen molar-refractivity contribution in [3.8, 4) is 0 Å². The molecule has 1 heterocycles. The van der Waals surface area contributed by atoms with Crippen LogP contribution in [0.1, 0.15) is 13.8 Å². The molecule has 0 aliphatic heterocycles. The van der Waals surface area contributed by atoms with E-state index in [0.717, 1.165) is 17.6 Å². The summed E-state index contributed by atoms with van der Waals surface area (Å²) in [6, 6.07) is 2.99. The predicted octanol–water partition coefficient (Wildman–Crippen LogP) is 4.15. The minimum absolute atomic E-state index is 0.112. The molecule has 1 N–H and O–H groups in total. The van der Waals surface area contributed by atoms with Crippen molar-refractivity contribution in [2.45, 2.75) is 20.4 Å². The van der Waals surface area contributed by atoms with Crippen molar-refractivity contribution in [3.63, 3.8) is 0 Å². The van der Waals surface area contributed by atoms with Gasteiger partial charge in [0, 0.05) is 12.6 Å². The van der Waals surface area contributed by atoms with E-state index >= 15 is 0 Å². The van der Waals surface area contributed by atoms with Crippen molar-refractivity contribution in [2.75, 3.05) is 0 Å². The van der Waals surface area contributed by atoms with Gasteiger partial charge in [-0.3, -0.25) is 0 Å². The van der Waals surface area contributed by atoms with Crippen molar-refractivity contribution >= 4 is 34.9 Å². The summed E-state index contributed by atoms with van der Waals surface area (Å²) in [7, 11) is 0. The summed E-state index contributed by atoms with van der Waals surface area (Å²) < 4.78 is 15.9. The van der Waals surface area contributed by atoms with Gasteiger partial charge in [0.2, 0.25) is 0 Å². The maximum atomic E-state index is 13.4. The zero-order valence-corrected chi connectivity index (χ0v) is 10.6. The van der Waals surface area contributed by atoms with Crippen LogP contribution in [0.5, 0.6) is 0 Å². The first kappa shape index (κ1) is 11.6. The molecule has 16 heavy (non-hydrogen) atoms. The third-order valence-electron chi connectivity index (χ3n) is 2.36. The summed E-state index contributed by atoms with van der Waals surface area (Å²) in [6.45, 7) is 4.94. The summed E-state index contributed by atoms with van der Waals surface area (Å²) in [6.07, 6.45) is 0. The first-order valence-electron chi connectivity index (χ1n) is 5.06. The van der Waals surface area contributed by atoms with Gasteiger partial charge in [-0.2, -0.15) is 0 Å². The van der Waals surface area contributed by atoms with Crippen molar-refractivity contribution < 1.29 is 4.39 Å². The van der Waals surface area contributed by atoms with Gasteiger partial charge in [0.25, 0.3) is 0 Å². The number of halogens is 2. The third-order valence-corrected chi connectivity index (χ3v) is 2.98. The Bertz CT molecular complexity index is 585. The number of aromatic amines is 1. The number of nitrogens with zero attached hydrogens (tertiary/aromatic N) is 1. The topological polar surface area (TPSA) is 20.7 Å². The maximum absolute atomic E-state index is 13.4. The van der Waals surface area contributed by atoms with Crippen LogP contribution >= 0.6 is 23.8 Å². The first-order valence-corrected chi connectivity index (χ1v) is 5.85. The lowest BCUT2D eigenvalue weighted by Crippen LogP contribution is -2.04. The summed E-state index contributed by atoms with van der Waals surface area (Å²) in [5.41, 5.74) is 1.54. The van der Waals surface area contributed by atoms with Gasteiger partial charge in [-0.05, 0) is 24.2 Å². The number of benzene rings is 1. The number of H-pyrrole nitrogens is 1. The molecule has 0 spiro atoms. The predicted molar refractivity (Wildman–Crippen MR) is 66.9 cm³/mol. The lowest BCUT2D eigenvalue weighted by Gasteiger charge is -2.07. The molecular weight excluding hydrogens is 247 g/mol. The van der Waals surface area contributed by atoms with Crippen LogP contribution in [-0.2, 0) is 6.54 Å². The highest BCUT2D eigenvalue weighted by Crippen LogP contribution is 2.23. The molecule has 5 heteroatoms. The molecule has 0 saturated carbocycles. The smallest absolute Gasteiger partial charge is 0.178 e. The number of aromatic nitrogens is 2. The van der Waals surface area contributed by atoms with E-state index in [-0.39, 0.29) is 5.02 Å². The average Bonchev–Trinajstić information content (AvgIpc) is 2.45. The minimum Gasteiger partial charge on any atom is -0.331 e. The highest BCUT2D eigenvalue weighted by molar-refractivity contribution is 7.71. The molecule has 86 valence electrons. The van der Waals surface area contributed by atoms with E-state index in [9.17, 15) is 4.39 Å². The molecule has 2 aromatic rings. The largest absolute Gasteiger partial charge is 0.331 e. The molecule has 0 unspecified atom stereocenters. The van der Waals surface area contributed by atoms with E-state index in [2.05, 4.69) is 18.8 Å². The standard InChI is InChI=1S/C11H12ClFN2S/c1-6(2)5-15-10-4-8(13)7(12)3-9(10)14-11(15)16/h3-4,6H,5H2,1-2H3,(H,14,16). The van der Waals surface area contributed by atoms with Crippen molar-refractivity contribution in [1.29, 1.82) is 0 Å². The van der Waals surface area contributed by atoms with Gasteiger partial charge in [-0.15, -0.1) is 0 Å². The van der Waals surface area contributed by atoms with Crippen LogP contribution < -0.4 is 0 Å². The van der Waals surface area contributed by atoms with Crippen LogP contribution in [0.3, 0.4) is 0 Å². The van der Waals surface area contributed by atoms with Crippen LogP contribution in [0.25, 0.3) is 11.0 Å². The van der Waals surface area contributed by atoms with E-state index in [1.807, 2.05) is 4.57 Å². The number of rotatable bonds is 2. The summed E-state index contributed by atoms with van der Waals surface area (Å²) in [4.78, 5) is 3.03. The second-order valence-corrected chi connectivity index (χ2v) is 5.01. The Labute approximate surface area is 103 Å². The quantitative estimate of drug-likeness (QED) is 0.803. The van der Waals surface area contributed by atoms with Gasteiger partial charge in [-0.25, -0.2) is 4.39 Å². The van der Waals surface area contributed by atoms with Gasteiger partial charge >= 0.3 is 0 Å². The van der Waals surface area contributed by atoms with Crippen molar-refractivity contribution in [2.24, 2.45) is 5.92 Å². The molecule has 1 aromatic heterocycles. The first-order chi connectivity index (χ1) is 7.49. The summed E-state index contributed by atoms with van der Waals surface area (Å²) in [5, 5.41) is 0.112. The summed E-state index contributed by atoms with van der Waals surface area (Å²) >= 11 is 10.9. The number of hydrogen-bond donors (Lipinski definition) is 1. The van der Waals surface area contributed by atoms with Gasteiger partial charge in [-0.1, -0.05) is 25.4 Å². The number of fused-ring (bicyclic) bond motifs is 1. The Morgan fingerprint density at radius 3 is 2.81 bits per heavy atom.